The Kier molecular flexibility index (Phi) is 5.81. The number of para-hydroxylation sites is 1. The number of halogens is 1. The summed E-state index contributed by atoms with van der Waals surface area (Å²) in [6.45, 7) is 0.732. The van der Waals surface area contributed by atoms with E-state index in [9.17, 15) is 4.79 Å². The first-order valence-corrected chi connectivity index (χ1v) is 7.61. The van der Waals surface area contributed by atoms with Crippen LogP contribution in [0.3, 0.4) is 0 Å². The molecule has 0 aliphatic heterocycles. The zero-order valence-electron chi connectivity index (χ0n) is 12.0. The molecule has 3 nitrogen and oxygen atoms in total. The Morgan fingerprint density at radius 1 is 1.10 bits per heavy atom. The van der Waals surface area contributed by atoms with Gasteiger partial charge in [0.1, 0.15) is 5.75 Å². The number of amides is 1. The van der Waals surface area contributed by atoms with E-state index in [1.54, 1.807) is 11.9 Å². The fourth-order valence-electron chi connectivity index (χ4n) is 1.88. The van der Waals surface area contributed by atoms with Crippen molar-refractivity contribution in [2.24, 2.45) is 0 Å². The lowest BCUT2D eigenvalue weighted by Gasteiger charge is -2.17. The smallest absolute Gasteiger partial charge is 0.260 e. The summed E-state index contributed by atoms with van der Waals surface area (Å²) in [5, 5.41) is 0. The number of carbonyl (C=O) groups is 1. The van der Waals surface area contributed by atoms with Gasteiger partial charge in [-0.25, -0.2) is 0 Å². The fourth-order valence-corrected chi connectivity index (χ4v) is 2.28. The molecule has 0 atom stereocenters. The van der Waals surface area contributed by atoms with Gasteiger partial charge in [0, 0.05) is 13.6 Å². The molecular weight excluding hydrogens is 330 g/mol. The molecule has 21 heavy (non-hydrogen) atoms. The number of ether oxygens (including phenoxy) is 1. The van der Waals surface area contributed by atoms with E-state index in [-0.39, 0.29) is 12.5 Å². The second-order valence-electron chi connectivity index (χ2n) is 4.77. The Labute approximate surface area is 133 Å². The summed E-state index contributed by atoms with van der Waals surface area (Å²) >= 11 is 3.39. The summed E-state index contributed by atoms with van der Waals surface area (Å²) < 4.78 is 6.39. The number of nitrogens with zero attached hydrogens (tertiary/aromatic N) is 1. The molecule has 0 aliphatic rings. The van der Waals surface area contributed by atoms with Gasteiger partial charge in [-0.1, -0.05) is 42.5 Å². The maximum atomic E-state index is 12.0. The van der Waals surface area contributed by atoms with Crippen LogP contribution >= 0.6 is 15.9 Å². The van der Waals surface area contributed by atoms with Gasteiger partial charge >= 0.3 is 0 Å². The minimum atomic E-state index is -0.0262. The summed E-state index contributed by atoms with van der Waals surface area (Å²) in [5.74, 6) is 0.656. The van der Waals surface area contributed by atoms with Crippen LogP contribution in [0.2, 0.25) is 0 Å². The van der Waals surface area contributed by atoms with Crippen LogP contribution < -0.4 is 4.74 Å². The molecule has 1 amide bonds. The number of hydrogen-bond acceptors (Lipinski definition) is 2. The predicted molar refractivity (Wildman–Crippen MR) is 87.4 cm³/mol. The van der Waals surface area contributed by atoms with Crippen LogP contribution in [0.15, 0.2) is 59.1 Å². The lowest BCUT2D eigenvalue weighted by atomic mass is 10.1. The molecule has 0 unspecified atom stereocenters. The average molecular weight is 348 g/mol. The Balaban J connectivity index is 1.79. The van der Waals surface area contributed by atoms with E-state index in [1.807, 2.05) is 42.5 Å². The van der Waals surface area contributed by atoms with E-state index < -0.39 is 0 Å². The van der Waals surface area contributed by atoms with E-state index in [0.717, 1.165) is 10.9 Å². The Bertz CT molecular complexity index is 586. The number of hydrogen-bond donors (Lipinski definition) is 0. The number of rotatable bonds is 6. The molecular formula is C17H18BrNO2. The first-order chi connectivity index (χ1) is 10.2. The van der Waals surface area contributed by atoms with Gasteiger partial charge in [-0.05, 0) is 40.0 Å². The van der Waals surface area contributed by atoms with Crippen LogP contribution in [0.5, 0.6) is 5.75 Å². The van der Waals surface area contributed by atoms with Crippen molar-refractivity contribution in [3.8, 4) is 5.75 Å². The van der Waals surface area contributed by atoms with Crippen molar-refractivity contribution in [3.63, 3.8) is 0 Å². The Morgan fingerprint density at radius 2 is 1.76 bits per heavy atom. The molecule has 0 saturated carbocycles. The minimum Gasteiger partial charge on any atom is -0.483 e. The zero-order chi connectivity index (χ0) is 15.1. The molecule has 0 spiro atoms. The van der Waals surface area contributed by atoms with Crippen molar-refractivity contribution in [1.82, 2.24) is 4.90 Å². The number of carbonyl (C=O) groups excluding carboxylic acids is 1. The Morgan fingerprint density at radius 3 is 2.48 bits per heavy atom. The van der Waals surface area contributed by atoms with Crippen LogP contribution in [0.25, 0.3) is 0 Å². The third-order valence-corrected chi connectivity index (χ3v) is 3.85. The van der Waals surface area contributed by atoms with Gasteiger partial charge < -0.3 is 9.64 Å². The van der Waals surface area contributed by atoms with Crippen LogP contribution in [0.1, 0.15) is 5.56 Å². The molecule has 2 rings (SSSR count). The van der Waals surface area contributed by atoms with Crippen molar-refractivity contribution in [3.05, 3.63) is 64.6 Å². The van der Waals surface area contributed by atoms with Crippen molar-refractivity contribution in [2.45, 2.75) is 6.42 Å². The topological polar surface area (TPSA) is 29.5 Å². The highest BCUT2D eigenvalue weighted by atomic mass is 79.9. The van der Waals surface area contributed by atoms with Crippen molar-refractivity contribution in [2.75, 3.05) is 20.2 Å². The van der Waals surface area contributed by atoms with Gasteiger partial charge in [0.2, 0.25) is 0 Å². The summed E-state index contributed by atoms with van der Waals surface area (Å²) in [6, 6.07) is 17.6. The first kappa shape index (κ1) is 15.6. The highest BCUT2D eigenvalue weighted by Gasteiger charge is 2.10. The second-order valence-corrected chi connectivity index (χ2v) is 5.62. The summed E-state index contributed by atoms with van der Waals surface area (Å²) in [6.07, 6.45) is 0.845. The SMILES string of the molecule is CN(CCc1ccccc1)C(=O)COc1ccccc1Br. The molecule has 110 valence electrons. The van der Waals surface area contributed by atoms with Crippen LogP contribution in [-0.4, -0.2) is 31.0 Å². The highest BCUT2D eigenvalue weighted by Crippen LogP contribution is 2.23. The first-order valence-electron chi connectivity index (χ1n) is 6.82. The second kappa shape index (κ2) is 7.84. The summed E-state index contributed by atoms with van der Waals surface area (Å²) in [5.41, 5.74) is 1.23. The summed E-state index contributed by atoms with van der Waals surface area (Å²) in [7, 11) is 1.80. The molecule has 0 saturated heterocycles. The molecule has 2 aromatic carbocycles. The number of likely N-dealkylation sites (N-methyl/N-ethyl adjacent to an activating group) is 1. The van der Waals surface area contributed by atoms with Crippen molar-refractivity contribution < 1.29 is 9.53 Å². The van der Waals surface area contributed by atoms with Gasteiger partial charge in [0.15, 0.2) is 6.61 Å². The maximum Gasteiger partial charge on any atom is 0.260 e. The molecule has 0 heterocycles. The monoisotopic (exact) mass is 347 g/mol. The Hall–Kier alpha value is -1.81. The lowest BCUT2D eigenvalue weighted by molar-refractivity contribution is -0.132. The molecule has 0 bridgehead atoms. The van der Waals surface area contributed by atoms with Gasteiger partial charge in [-0.15, -0.1) is 0 Å². The van der Waals surface area contributed by atoms with Crippen LogP contribution in [0.4, 0.5) is 0 Å². The van der Waals surface area contributed by atoms with Crippen LogP contribution in [-0.2, 0) is 11.2 Å². The third kappa shape index (κ3) is 4.90. The zero-order valence-corrected chi connectivity index (χ0v) is 13.5. The van der Waals surface area contributed by atoms with Gasteiger partial charge in [-0.3, -0.25) is 4.79 Å². The third-order valence-electron chi connectivity index (χ3n) is 3.19. The molecule has 0 aliphatic carbocycles. The van der Waals surface area contributed by atoms with E-state index >= 15 is 0 Å². The van der Waals surface area contributed by atoms with Crippen LogP contribution in [0, 0.1) is 0 Å². The van der Waals surface area contributed by atoms with Crippen molar-refractivity contribution in [1.29, 1.82) is 0 Å². The largest absolute Gasteiger partial charge is 0.483 e. The normalized spacial score (nSPS) is 10.2. The molecule has 0 aromatic heterocycles. The number of benzene rings is 2. The highest BCUT2D eigenvalue weighted by molar-refractivity contribution is 9.10. The van der Waals surface area contributed by atoms with Gasteiger partial charge in [-0.2, -0.15) is 0 Å². The lowest BCUT2D eigenvalue weighted by Crippen LogP contribution is -2.33. The predicted octanol–water partition coefficient (Wildman–Crippen LogP) is 3.53. The average Bonchev–Trinajstić information content (AvgIpc) is 2.52. The van der Waals surface area contributed by atoms with E-state index in [1.165, 1.54) is 5.56 Å². The molecule has 2 aromatic rings. The molecule has 0 fully saturated rings. The van der Waals surface area contributed by atoms with E-state index in [4.69, 9.17) is 4.74 Å². The van der Waals surface area contributed by atoms with Gasteiger partial charge in [0.05, 0.1) is 4.47 Å². The molecule has 4 heteroatoms. The van der Waals surface area contributed by atoms with E-state index in [2.05, 4.69) is 28.1 Å². The standard InChI is InChI=1S/C17H18BrNO2/c1-19(12-11-14-7-3-2-4-8-14)17(20)13-21-16-10-6-5-9-15(16)18/h2-10H,11-13H2,1H3. The fraction of sp³-hybridized carbons (Fsp3) is 0.235. The quantitative estimate of drug-likeness (QED) is 0.799. The van der Waals surface area contributed by atoms with Gasteiger partial charge in [0.25, 0.3) is 5.91 Å². The molecule has 0 N–H and O–H groups in total. The van der Waals surface area contributed by atoms with Crippen molar-refractivity contribution >= 4 is 21.8 Å². The minimum absolute atomic E-state index is 0.0262. The van der Waals surface area contributed by atoms with E-state index in [0.29, 0.717) is 12.3 Å². The summed E-state index contributed by atoms with van der Waals surface area (Å²) in [4.78, 5) is 13.7. The molecule has 0 radical (unpaired) electrons. The maximum absolute atomic E-state index is 12.0.